The SMILES string of the molecule is O=C(Nc1ccccc1)Nc1ccc(S(=O)(=O)N2CCC[C@H]2C(=O)N[C@@H](Cc2ccc3ccccc3c2)C(=O)O)cc1. The van der Waals surface area contributed by atoms with Crippen LogP contribution in [0.1, 0.15) is 18.4 Å². The molecular formula is C31H30N4O6S. The number of aliphatic carboxylic acids is 1. The van der Waals surface area contributed by atoms with E-state index >= 15 is 0 Å². The second-order valence-corrected chi connectivity index (χ2v) is 11.9. The zero-order valence-corrected chi connectivity index (χ0v) is 23.4. The number of sulfonamides is 1. The number of fused-ring (bicyclic) bond motifs is 1. The maximum atomic E-state index is 13.5. The van der Waals surface area contributed by atoms with Gasteiger partial charge < -0.3 is 21.1 Å². The lowest BCUT2D eigenvalue weighted by atomic mass is 10.0. The van der Waals surface area contributed by atoms with Gasteiger partial charge in [-0.3, -0.25) is 4.79 Å². The molecule has 42 heavy (non-hydrogen) atoms. The molecule has 0 saturated carbocycles. The van der Waals surface area contributed by atoms with Crippen molar-refractivity contribution >= 4 is 50.1 Å². The van der Waals surface area contributed by atoms with Crippen molar-refractivity contribution in [1.82, 2.24) is 9.62 Å². The van der Waals surface area contributed by atoms with Crippen LogP contribution in [0.25, 0.3) is 10.8 Å². The second kappa shape index (κ2) is 12.4. The van der Waals surface area contributed by atoms with Gasteiger partial charge in [0, 0.05) is 24.3 Å². The Morgan fingerprint density at radius 3 is 2.17 bits per heavy atom. The summed E-state index contributed by atoms with van der Waals surface area (Å²) in [6.07, 6.45) is 0.781. The monoisotopic (exact) mass is 586 g/mol. The van der Waals surface area contributed by atoms with Crippen LogP contribution in [-0.4, -0.2) is 54.4 Å². The highest BCUT2D eigenvalue weighted by molar-refractivity contribution is 7.89. The number of carboxylic acids is 1. The predicted octanol–water partition coefficient (Wildman–Crippen LogP) is 4.45. The summed E-state index contributed by atoms with van der Waals surface area (Å²) >= 11 is 0. The maximum Gasteiger partial charge on any atom is 0.326 e. The summed E-state index contributed by atoms with van der Waals surface area (Å²) in [5.74, 6) is -1.86. The summed E-state index contributed by atoms with van der Waals surface area (Å²) in [6, 6.07) is 25.1. The molecule has 216 valence electrons. The zero-order chi connectivity index (χ0) is 29.7. The van der Waals surface area contributed by atoms with Crippen LogP contribution in [-0.2, 0) is 26.0 Å². The maximum absolute atomic E-state index is 13.5. The summed E-state index contributed by atoms with van der Waals surface area (Å²) in [4.78, 5) is 37.5. The van der Waals surface area contributed by atoms with Gasteiger partial charge in [0.25, 0.3) is 0 Å². The molecule has 0 aliphatic carbocycles. The van der Waals surface area contributed by atoms with Crippen LogP contribution in [0.4, 0.5) is 16.2 Å². The molecule has 1 fully saturated rings. The molecule has 10 nitrogen and oxygen atoms in total. The van der Waals surface area contributed by atoms with Crippen LogP contribution in [0.5, 0.6) is 0 Å². The van der Waals surface area contributed by atoms with Crippen molar-refractivity contribution < 1.29 is 27.9 Å². The van der Waals surface area contributed by atoms with Crippen molar-refractivity contribution in [2.45, 2.75) is 36.2 Å². The number of rotatable bonds is 9. The van der Waals surface area contributed by atoms with E-state index in [9.17, 15) is 27.9 Å². The Hall–Kier alpha value is -4.74. The van der Waals surface area contributed by atoms with Crippen molar-refractivity contribution in [2.75, 3.05) is 17.2 Å². The number of nitrogens with zero attached hydrogens (tertiary/aromatic N) is 1. The number of benzene rings is 4. The Bertz CT molecular complexity index is 1710. The number of hydrogen-bond donors (Lipinski definition) is 4. The summed E-state index contributed by atoms with van der Waals surface area (Å²) in [7, 11) is -4.07. The van der Waals surface area contributed by atoms with Crippen LogP contribution in [0.15, 0.2) is 102 Å². The fourth-order valence-corrected chi connectivity index (χ4v) is 6.68. The number of nitrogens with one attached hydrogen (secondary N) is 3. The van der Waals surface area contributed by atoms with E-state index in [1.54, 1.807) is 24.3 Å². The number of carbonyl (C=O) groups excluding carboxylic acids is 2. The van der Waals surface area contributed by atoms with Gasteiger partial charge in [0.1, 0.15) is 12.1 Å². The van der Waals surface area contributed by atoms with Crippen LogP contribution >= 0.6 is 0 Å². The highest BCUT2D eigenvalue weighted by Gasteiger charge is 2.40. The Labute approximate surface area is 243 Å². The Morgan fingerprint density at radius 2 is 1.48 bits per heavy atom. The summed E-state index contributed by atoms with van der Waals surface area (Å²) in [6.45, 7) is 0.127. The third-order valence-corrected chi connectivity index (χ3v) is 9.05. The first-order chi connectivity index (χ1) is 20.2. The van der Waals surface area contributed by atoms with E-state index in [0.29, 0.717) is 17.8 Å². The standard InChI is InChI=1S/C31H30N4O6S/c36-29(34-27(30(37)38)20-21-12-13-22-7-4-5-8-23(22)19-21)28-11-6-18-35(28)42(40,41)26-16-14-25(15-17-26)33-31(39)32-24-9-2-1-3-10-24/h1-5,7-10,12-17,19,27-28H,6,11,18,20H2,(H,34,36)(H,37,38)(H2,32,33,39)/t27-,28-/m0/s1. The molecule has 0 unspecified atom stereocenters. The molecule has 0 spiro atoms. The Kier molecular flexibility index (Phi) is 8.51. The molecule has 4 aromatic rings. The molecule has 1 heterocycles. The van der Waals surface area contributed by atoms with Gasteiger partial charge in [0.15, 0.2) is 0 Å². The molecule has 4 N–H and O–H groups in total. The smallest absolute Gasteiger partial charge is 0.326 e. The Morgan fingerprint density at radius 1 is 0.833 bits per heavy atom. The Balaban J connectivity index is 1.24. The molecule has 0 aromatic heterocycles. The number of para-hydroxylation sites is 1. The van der Waals surface area contributed by atoms with Gasteiger partial charge >= 0.3 is 12.0 Å². The largest absolute Gasteiger partial charge is 0.480 e. The van der Waals surface area contributed by atoms with Gasteiger partial charge in [-0.1, -0.05) is 60.7 Å². The molecule has 1 aliphatic heterocycles. The van der Waals surface area contributed by atoms with Crippen molar-refractivity contribution in [1.29, 1.82) is 0 Å². The minimum atomic E-state index is -4.07. The first kappa shape index (κ1) is 28.8. The van der Waals surface area contributed by atoms with Gasteiger partial charge in [0.05, 0.1) is 4.90 Å². The molecule has 1 saturated heterocycles. The highest BCUT2D eigenvalue weighted by Crippen LogP contribution is 2.27. The lowest BCUT2D eigenvalue weighted by Crippen LogP contribution is -2.51. The molecule has 0 bridgehead atoms. The van der Waals surface area contributed by atoms with Gasteiger partial charge in [-0.15, -0.1) is 0 Å². The van der Waals surface area contributed by atoms with Crippen molar-refractivity contribution in [3.63, 3.8) is 0 Å². The van der Waals surface area contributed by atoms with Crippen LogP contribution in [0.2, 0.25) is 0 Å². The van der Waals surface area contributed by atoms with Crippen molar-refractivity contribution in [2.24, 2.45) is 0 Å². The fourth-order valence-electron chi connectivity index (χ4n) is 5.02. The topological polar surface area (TPSA) is 145 Å². The molecule has 11 heteroatoms. The van der Waals surface area contributed by atoms with E-state index in [1.165, 1.54) is 24.3 Å². The van der Waals surface area contributed by atoms with Crippen molar-refractivity contribution in [3.8, 4) is 0 Å². The third-order valence-electron chi connectivity index (χ3n) is 7.13. The van der Waals surface area contributed by atoms with Crippen molar-refractivity contribution in [3.05, 3.63) is 103 Å². The van der Waals surface area contributed by atoms with E-state index < -0.39 is 40.0 Å². The summed E-state index contributed by atoms with van der Waals surface area (Å²) in [5, 5.41) is 19.7. The molecule has 1 aliphatic rings. The van der Waals surface area contributed by atoms with E-state index in [1.807, 2.05) is 48.5 Å². The average molecular weight is 587 g/mol. The number of carboxylic acid groups (broad SMARTS) is 1. The van der Waals surface area contributed by atoms with Crippen LogP contribution < -0.4 is 16.0 Å². The molecule has 2 atom stereocenters. The summed E-state index contributed by atoms with van der Waals surface area (Å²) in [5.41, 5.74) is 1.73. The number of carbonyl (C=O) groups is 3. The normalized spacial score (nSPS) is 16.0. The first-order valence-corrected chi connectivity index (χ1v) is 14.9. The predicted molar refractivity (Wildman–Crippen MR) is 160 cm³/mol. The third kappa shape index (κ3) is 6.59. The number of hydrogen-bond acceptors (Lipinski definition) is 5. The molecular weight excluding hydrogens is 556 g/mol. The molecule has 3 amide bonds. The van der Waals surface area contributed by atoms with Crippen LogP contribution in [0.3, 0.4) is 0 Å². The fraction of sp³-hybridized carbons (Fsp3) is 0.194. The van der Waals surface area contributed by atoms with Gasteiger partial charge in [-0.2, -0.15) is 4.31 Å². The highest BCUT2D eigenvalue weighted by atomic mass is 32.2. The zero-order valence-electron chi connectivity index (χ0n) is 22.6. The molecule has 5 rings (SSSR count). The first-order valence-electron chi connectivity index (χ1n) is 13.5. The lowest BCUT2D eigenvalue weighted by Gasteiger charge is -2.25. The lowest BCUT2D eigenvalue weighted by molar-refractivity contribution is -0.142. The van der Waals surface area contributed by atoms with E-state index in [0.717, 1.165) is 20.6 Å². The number of anilines is 2. The van der Waals surface area contributed by atoms with E-state index in [-0.39, 0.29) is 24.3 Å². The van der Waals surface area contributed by atoms with E-state index in [2.05, 4.69) is 16.0 Å². The van der Waals surface area contributed by atoms with Crippen LogP contribution in [0, 0.1) is 0 Å². The number of urea groups is 1. The minimum Gasteiger partial charge on any atom is -0.480 e. The van der Waals surface area contributed by atoms with Gasteiger partial charge in [0.2, 0.25) is 15.9 Å². The summed E-state index contributed by atoms with van der Waals surface area (Å²) < 4.78 is 28.1. The van der Waals surface area contributed by atoms with Gasteiger partial charge in [-0.25, -0.2) is 18.0 Å². The number of amides is 3. The van der Waals surface area contributed by atoms with E-state index in [4.69, 9.17) is 0 Å². The quantitative estimate of drug-likeness (QED) is 0.228. The van der Waals surface area contributed by atoms with Gasteiger partial charge in [-0.05, 0) is 65.6 Å². The average Bonchev–Trinajstić information content (AvgIpc) is 3.49. The molecule has 0 radical (unpaired) electrons. The second-order valence-electron chi connectivity index (χ2n) is 10.0. The molecule has 4 aromatic carbocycles. The minimum absolute atomic E-state index is 0.0397.